The second-order valence-corrected chi connectivity index (χ2v) is 6.91. The summed E-state index contributed by atoms with van der Waals surface area (Å²) in [5.41, 5.74) is 1.01. The Kier molecular flexibility index (Phi) is 9.28. The average Bonchev–Trinajstić information content (AvgIpc) is 3.64. The molecule has 2 aromatic rings. The molecule has 1 aliphatic heterocycles. The van der Waals surface area contributed by atoms with Gasteiger partial charge in [0.25, 0.3) is 0 Å². The minimum absolute atomic E-state index is 0.00994. The predicted molar refractivity (Wildman–Crippen MR) is 115 cm³/mol. The van der Waals surface area contributed by atoms with Crippen molar-refractivity contribution < 1.29 is 47.4 Å². The molecule has 3 rings (SSSR count). The van der Waals surface area contributed by atoms with E-state index in [4.69, 9.17) is 42.6 Å². The van der Waals surface area contributed by atoms with E-state index in [2.05, 4.69) is 0 Å². The molecule has 10 heteroatoms. The molecule has 0 bridgehead atoms. The highest BCUT2D eigenvalue weighted by atomic mass is 16.7. The zero-order valence-electron chi connectivity index (χ0n) is 19.0. The van der Waals surface area contributed by atoms with Gasteiger partial charge in [-0.25, -0.2) is 0 Å². The first-order valence-electron chi connectivity index (χ1n) is 10.1. The zero-order valence-corrected chi connectivity index (χ0v) is 19.0. The summed E-state index contributed by atoms with van der Waals surface area (Å²) in [7, 11) is 6.00. The van der Waals surface area contributed by atoms with Crippen molar-refractivity contribution in [2.45, 2.75) is 12.2 Å². The smallest absolute Gasteiger partial charge is 0.202 e. The van der Waals surface area contributed by atoms with Gasteiger partial charge in [0.05, 0.1) is 0 Å². The van der Waals surface area contributed by atoms with Crippen LogP contribution in [0.2, 0.25) is 0 Å². The lowest BCUT2D eigenvalue weighted by Crippen LogP contribution is -2.15. The lowest BCUT2D eigenvalue weighted by molar-refractivity contribution is 0.0397. The third-order valence-electron chi connectivity index (χ3n) is 4.57. The van der Waals surface area contributed by atoms with Crippen LogP contribution in [0.1, 0.15) is 22.0 Å². The average molecular weight is 464 g/mol. The number of carbonyl (C=O) groups excluding carboxylic acids is 1. The Balaban J connectivity index is 1.87. The van der Waals surface area contributed by atoms with Crippen LogP contribution in [-0.2, 0) is 23.7 Å². The number of ketones is 1. The van der Waals surface area contributed by atoms with Gasteiger partial charge in [0, 0.05) is 40.6 Å². The second-order valence-electron chi connectivity index (χ2n) is 6.91. The van der Waals surface area contributed by atoms with Crippen LogP contribution < -0.4 is 18.9 Å². The number of Topliss-reactive ketones (excluding diaryl/α,β-unsaturated/α-hetero) is 1. The molecule has 1 saturated heterocycles. The van der Waals surface area contributed by atoms with Crippen LogP contribution in [0.25, 0.3) is 0 Å². The van der Waals surface area contributed by atoms with E-state index in [1.165, 1.54) is 21.3 Å². The minimum Gasteiger partial charge on any atom is -0.468 e. The summed E-state index contributed by atoms with van der Waals surface area (Å²) in [6, 6.07) is 10.4. The molecule has 0 radical (unpaired) electrons. The van der Waals surface area contributed by atoms with Crippen molar-refractivity contribution in [2.24, 2.45) is 0 Å². The maximum atomic E-state index is 13.5. The molecular weight excluding hydrogens is 436 g/mol. The third kappa shape index (κ3) is 6.56. The number of methoxy groups -OCH3 is 4. The number of benzene rings is 2. The van der Waals surface area contributed by atoms with Crippen molar-refractivity contribution in [2.75, 3.05) is 55.6 Å². The van der Waals surface area contributed by atoms with Crippen LogP contribution in [0.5, 0.6) is 23.0 Å². The highest BCUT2D eigenvalue weighted by Crippen LogP contribution is 2.45. The highest BCUT2D eigenvalue weighted by Gasteiger charge is 2.48. The first-order valence-corrected chi connectivity index (χ1v) is 10.1. The van der Waals surface area contributed by atoms with Crippen molar-refractivity contribution in [3.05, 3.63) is 47.5 Å². The van der Waals surface area contributed by atoms with Gasteiger partial charge in [-0.15, -0.1) is 0 Å². The Morgan fingerprint density at radius 1 is 0.758 bits per heavy atom. The van der Waals surface area contributed by atoms with E-state index in [1.54, 1.807) is 25.3 Å². The van der Waals surface area contributed by atoms with Crippen LogP contribution in [0.15, 0.2) is 36.4 Å². The van der Waals surface area contributed by atoms with Gasteiger partial charge in [0.15, 0.2) is 33.3 Å². The maximum Gasteiger partial charge on any atom is 0.202 e. The molecule has 0 amide bonds. The lowest BCUT2D eigenvalue weighted by atomic mass is 10.0. The molecule has 2 atom stereocenters. The topological polar surface area (TPSA) is 103 Å². The first kappa shape index (κ1) is 24.7. The summed E-state index contributed by atoms with van der Waals surface area (Å²) in [6.07, 6.45) is -1.15. The fourth-order valence-electron chi connectivity index (χ4n) is 3.11. The molecule has 0 N–H and O–H groups in total. The molecule has 1 heterocycles. The van der Waals surface area contributed by atoms with E-state index in [1.807, 2.05) is 18.2 Å². The van der Waals surface area contributed by atoms with Gasteiger partial charge in [0.2, 0.25) is 5.78 Å². The SMILES string of the molecule is COCOc1cccc(C2OC2C(=O)c2c(OCOC)cc(OCOC)cc2OCOC)c1. The van der Waals surface area contributed by atoms with Gasteiger partial charge in [-0.05, 0) is 17.7 Å². The van der Waals surface area contributed by atoms with Crippen LogP contribution in [0, 0.1) is 0 Å². The molecule has 10 nitrogen and oxygen atoms in total. The first-order chi connectivity index (χ1) is 16.1. The molecule has 0 aliphatic carbocycles. The standard InChI is InChI=1S/C23H28O10/c1-25-11-29-16-7-5-6-15(8-16)22-23(33-22)21(24)20-18(31-13-27-3)9-17(30-12-26-2)10-19(20)32-14-28-4/h5-10,22-23H,11-14H2,1-4H3. The fraction of sp³-hybridized carbons (Fsp3) is 0.435. The van der Waals surface area contributed by atoms with Crippen LogP contribution in [0.4, 0.5) is 0 Å². The van der Waals surface area contributed by atoms with Gasteiger partial charge >= 0.3 is 0 Å². The number of hydrogen-bond donors (Lipinski definition) is 0. The van der Waals surface area contributed by atoms with E-state index >= 15 is 0 Å². The van der Waals surface area contributed by atoms with E-state index in [0.717, 1.165) is 5.56 Å². The Bertz CT molecular complexity index is 887. The van der Waals surface area contributed by atoms with Gasteiger partial charge in [0.1, 0.15) is 34.7 Å². The minimum atomic E-state index is -0.719. The van der Waals surface area contributed by atoms with Crippen LogP contribution >= 0.6 is 0 Å². The summed E-state index contributed by atoms with van der Waals surface area (Å²) in [6.45, 7) is -0.0254. The van der Waals surface area contributed by atoms with E-state index < -0.39 is 12.2 Å². The summed E-state index contributed by atoms with van der Waals surface area (Å²) >= 11 is 0. The molecule has 2 aromatic carbocycles. The fourth-order valence-corrected chi connectivity index (χ4v) is 3.11. The highest BCUT2D eigenvalue weighted by molar-refractivity contribution is 6.06. The van der Waals surface area contributed by atoms with Gasteiger partial charge in [-0.1, -0.05) is 12.1 Å². The van der Waals surface area contributed by atoms with Crippen molar-refractivity contribution in [3.8, 4) is 23.0 Å². The molecule has 180 valence electrons. The summed E-state index contributed by atoms with van der Waals surface area (Å²) < 4.78 is 47.9. The Morgan fingerprint density at radius 2 is 1.30 bits per heavy atom. The van der Waals surface area contributed by atoms with Crippen LogP contribution in [-0.4, -0.2) is 67.5 Å². The van der Waals surface area contributed by atoms with Crippen LogP contribution in [0.3, 0.4) is 0 Å². The Morgan fingerprint density at radius 3 is 1.88 bits per heavy atom. The monoisotopic (exact) mass is 464 g/mol. The molecular formula is C23H28O10. The number of rotatable bonds is 15. The molecule has 1 aliphatic rings. The summed E-state index contributed by atoms with van der Waals surface area (Å²) in [5, 5.41) is 0. The molecule has 33 heavy (non-hydrogen) atoms. The quantitative estimate of drug-likeness (QED) is 0.222. The second kappa shape index (κ2) is 12.4. The number of epoxide rings is 1. The maximum absolute atomic E-state index is 13.5. The van der Waals surface area contributed by atoms with E-state index in [0.29, 0.717) is 11.5 Å². The number of ether oxygens (including phenoxy) is 9. The van der Waals surface area contributed by atoms with Gasteiger partial charge in [-0.2, -0.15) is 0 Å². The Labute approximate surface area is 192 Å². The van der Waals surface area contributed by atoms with Crippen molar-refractivity contribution in [1.82, 2.24) is 0 Å². The third-order valence-corrected chi connectivity index (χ3v) is 4.57. The van der Waals surface area contributed by atoms with Crippen molar-refractivity contribution >= 4 is 5.78 Å². The van der Waals surface area contributed by atoms with Gasteiger partial charge in [-0.3, -0.25) is 4.79 Å². The molecule has 1 fully saturated rings. The van der Waals surface area contributed by atoms with Gasteiger partial charge < -0.3 is 42.6 Å². The largest absolute Gasteiger partial charge is 0.468 e. The molecule has 0 spiro atoms. The van der Waals surface area contributed by atoms with Crippen molar-refractivity contribution in [1.29, 1.82) is 0 Å². The number of hydrogen-bond acceptors (Lipinski definition) is 10. The van der Waals surface area contributed by atoms with Crippen molar-refractivity contribution in [3.63, 3.8) is 0 Å². The normalized spacial score (nSPS) is 16.8. The zero-order chi connectivity index (χ0) is 23.6. The summed E-state index contributed by atoms with van der Waals surface area (Å²) in [5.74, 6) is 1.16. The van der Waals surface area contributed by atoms with E-state index in [-0.39, 0.29) is 50.0 Å². The van der Waals surface area contributed by atoms with E-state index in [9.17, 15) is 4.79 Å². The predicted octanol–water partition coefficient (Wildman–Crippen LogP) is 2.94. The molecule has 0 aromatic heterocycles. The molecule has 2 unspecified atom stereocenters. The molecule has 0 saturated carbocycles. The number of carbonyl (C=O) groups is 1. The lowest BCUT2D eigenvalue weighted by Gasteiger charge is -2.17. The Hall–Kier alpha value is -2.89. The summed E-state index contributed by atoms with van der Waals surface area (Å²) in [4.78, 5) is 13.5.